The zero-order chi connectivity index (χ0) is 21.0. The number of esters is 1. The van der Waals surface area contributed by atoms with Crippen molar-refractivity contribution >= 4 is 33.4 Å². The Morgan fingerprint density at radius 2 is 1.79 bits per heavy atom. The summed E-state index contributed by atoms with van der Waals surface area (Å²) in [5, 5.41) is 0. The molecule has 2 aromatic carbocycles. The van der Waals surface area contributed by atoms with Crippen LogP contribution >= 0.6 is 11.3 Å². The summed E-state index contributed by atoms with van der Waals surface area (Å²) in [4.78, 5) is 29.4. The highest BCUT2D eigenvalue weighted by atomic mass is 32.1. The van der Waals surface area contributed by atoms with Gasteiger partial charge < -0.3 is 18.8 Å². The second-order valence-electron chi connectivity index (χ2n) is 5.94. The van der Waals surface area contributed by atoms with Crippen LogP contribution in [0.2, 0.25) is 0 Å². The van der Waals surface area contributed by atoms with Gasteiger partial charge in [-0.3, -0.25) is 4.79 Å². The Hall–Kier alpha value is -3.39. The SMILES string of the molecule is C=CCn1c(=NC(=O)c2ccc(OC)c(OC)c2)sc2cc(C(=O)OC)ccc21. The first-order valence-corrected chi connectivity index (χ1v) is 9.47. The molecule has 7 nitrogen and oxygen atoms in total. The van der Waals surface area contributed by atoms with E-state index in [9.17, 15) is 9.59 Å². The fraction of sp³-hybridized carbons (Fsp3) is 0.190. The highest BCUT2D eigenvalue weighted by Crippen LogP contribution is 2.28. The summed E-state index contributed by atoms with van der Waals surface area (Å²) in [6.45, 7) is 4.24. The van der Waals surface area contributed by atoms with E-state index < -0.39 is 11.9 Å². The van der Waals surface area contributed by atoms with Gasteiger partial charge in [0, 0.05) is 12.1 Å². The van der Waals surface area contributed by atoms with Gasteiger partial charge in [-0.1, -0.05) is 17.4 Å². The van der Waals surface area contributed by atoms with E-state index in [1.54, 1.807) is 36.4 Å². The second-order valence-corrected chi connectivity index (χ2v) is 6.95. The van der Waals surface area contributed by atoms with Crippen molar-refractivity contribution in [3.63, 3.8) is 0 Å². The Morgan fingerprint density at radius 3 is 2.45 bits per heavy atom. The fourth-order valence-corrected chi connectivity index (χ4v) is 3.91. The Bertz CT molecular complexity index is 1160. The van der Waals surface area contributed by atoms with E-state index in [0.717, 1.165) is 10.2 Å². The molecule has 1 heterocycles. The van der Waals surface area contributed by atoms with Crippen molar-refractivity contribution in [3.05, 3.63) is 65.0 Å². The van der Waals surface area contributed by atoms with Crippen LogP contribution in [0.3, 0.4) is 0 Å². The molecule has 0 spiro atoms. The summed E-state index contributed by atoms with van der Waals surface area (Å²) in [5.41, 5.74) is 1.66. The molecule has 8 heteroatoms. The second kappa shape index (κ2) is 8.74. The number of aromatic nitrogens is 1. The lowest BCUT2D eigenvalue weighted by atomic mass is 10.2. The smallest absolute Gasteiger partial charge is 0.337 e. The molecular weight excluding hydrogens is 392 g/mol. The van der Waals surface area contributed by atoms with Crippen molar-refractivity contribution in [2.24, 2.45) is 4.99 Å². The first-order chi connectivity index (χ1) is 14.0. The third-order valence-corrected chi connectivity index (χ3v) is 5.28. The topological polar surface area (TPSA) is 79.1 Å². The summed E-state index contributed by atoms with van der Waals surface area (Å²) >= 11 is 1.31. The number of methoxy groups -OCH3 is 3. The van der Waals surface area contributed by atoms with Gasteiger partial charge in [0.15, 0.2) is 16.3 Å². The quantitative estimate of drug-likeness (QED) is 0.458. The monoisotopic (exact) mass is 412 g/mol. The minimum Gasteiger partial charge on any atom is -0.493 e. The van der Waals surface area contributed by atoms with Crippen LogP contribution in [0.1, 0.15) is 20.7 Å². The zero-order valence-electron chi connectivity index (χ0n) is 16.3. The van der Waals surface area contributed by atoms with E-state index in [-0.39, 0.29) is 0 Å². The van der Waals surface area contributed by atoms with E-state index in [4.69, 9.17) is 14.2 Å². The molecule has 0 atom stereocenters. The molecule has 150 valence electrons. The minimum absolute atomic E-state index is 0.375. The molecule has 0 bridgehead atoms. The number of allylic oxidation sites excluding steroid dienone is 1. The van der Waals surface area contributed by atoms with Crippen molar-refractivity contribution in [3.8, 4) is 11.5 Å². The Balaban J connectivity index is 2.10. The van der Waals surface area contributed by atoms with E-state index in [1.807, 2.05) is 10.6 Å². The largest absolute Gasteiger partial charge is 0.493 e. The Kier molecular flexibility index (Phi) is 6.13. The van der Waals surface area contributed by atoms with Gasteiger partial charge in [-0.25, -0.2) is 4.79 Å². The molecule has 0 aliphatic rings. The van der Waals surface area contributed by atoms with E-state index >= 15 is 0 Å². The van der Waals surface area contributed by atoms with Crippen molar-refractivity contribution in [1.82, 2.24) is 4.57 Å². The summed E-state index contributed by atoms with van der Waals surface area (Å²) in [7, 11) is 4.37. The van der Waals surface area contributed by atoms with Crippen LogP contribution < -0.4 is 14.3 Å². The lowest BCUT2D eigenvalue weighted by Gasteiger charge is -2.07. The summed E-state index contributed by atoms with van der Waals surface area (Å²) in [5.74, 6) is 0.147. The van der Waals surface area contributed by atoms with Crippen molar-refractivity contribution < 1.29 is 23.8 Å². The predicted molar refractivity (Wildman–Crippen MR) is 111 cm³/mol. The molecule has 0 N–H and O–H groups in total. The molecule has 3 aromatic rings. The normalized spacial score (nSPS) is 11.3. The number of carbonyl (C=O) groups excluding carboxylic acids is 2. The molecule has 29 heavy (non-hydrogen) atoms. The number of fused-ring (bicyclic) bond motifs is 1. The van der Waals surface area contributed by atoms with Crippen molar-refractivity contribution in [1.29, 1.82) is 0 Å². The van der Waals surface area contributed by atoms with E-state index in [2.05, 4.69) is 11.6 Å². The summed E-state index contributed by atoms with van der Waals surface area (Å²) in [6, 6.07) is 10.1. The first kappa shape index (κ1) is 20.3. The van der Waals surface area contributed by atoms with Crippen LogP contribution in [0.15, 0.2) is 54.0 Å². The number of ether oxygens (including phenoxy) is 3. The standard InChI is InChI=1S/C21H20N2O5S/c1-5-10-23-15-8-6-14(20(25)28-4)12-18(15)29-21(23)22-19(24)13-7-9-16(26-2)17(11-13)27-3/h5-9,11-12H,1,10H2,2-4H3. The van der Waals surface area contributed by atoms with Crippen LogP contribution in [0.4, 0.5) is 0 Å². The average molecular weight is 412 g/mol. The molecule has 1 amide bonds. The number of nitrogens with zero attached hydrogens (tertiary/aromatic N) is 2. The Labute approximate surface area is 171 Å². The van der Waals surface area contributed by atoms with Gasteiger partial charge in [0.2, 0.25) is 0 Å². The van der Waals surface area contributed by atoms with Crippen LogP contribution in [0.5, 0.6) is 11.5 Å². The highest BCUT2D eigenvalue weighted by molar-refractivity contribution is 7.16. The van der Waals surface area contributed by atoms with E-state index in [1.165, 1.54) is 32.7 Å². The van der Waals surface area contributed by atoms with Gasteiger partial charge in [-0.15, -0.1) is 6.58 Å². The van der Waals surface area contributed by atoms with Gasteiger partial charge in [0.25, 0.3) is 5.91 Å². The number of amides is 1. The van der Waals surface area contributed by atoms with Gasteiger partial charge >= 0.3 is 5.97 Å². The molecule has 0 radical (unpaired) electrons. The third-order valence-electron chi connectivity index (χ3n) is 4.24. The highest BCUT2D eigenvalue weighted by Gasteiger charge is 2.13. The zero-order valence-corrected chi connectivity index (χ0v) is 17.1. The Morgan fingerprint density at radius 1 is 1.07 bits per heavy atom. The predicted octanol–water partition coefficient (Wildman–Crippen LogP) is 3.43. The van der Waals surface area contributed by atoms with Crippen molar-refractivity contribution in [2.45, 2.75) is 6.54 Å². The van der Waals surface area contributed by atoms with Gasteiger partial charge in [-0.05, 0) is 36.4 Å². The van der Waals surface area contributed by atoms with Crippen LogP contribution in [-0.4, -0.2) is 37.8 Å². The number of hydrogen-bond donors (Lipinski definition) is 0. The minimum atomic E-state index is -0.421. The number of carbonyl (C=O) groups is 2. The first-order valence-electron chi connectivity index (χ1n) is 8.66. The molecule has 3 rings (SSSR count). The third kappa shape index (κ3) is 4.07. The lowest BCUT2D eigenvalue weighted by Crippen LogP contribution is -2.16. The molecule has 0 saturated carbocycles. The summed E-state index contributed by atoms with van der Waals surface area (Å²) < 4.78 is 17.9. The van der Waals surface area contributed by atoms with E-state index in [0.29, 0.717) is 34.0 Å². The molecule has 0 fully saturated rings. The number of benzene rings is 2. The lowest BCUT2D eigenvalue weighted by molar-refractivity contribution is 0.0601. The van der Waals surface area contributed by atoms with Gasteiger partial charge in [0.1, 0.15) is 0 Å². The molecular formula is C21H20N2O5S. The maximum Gasteiger partial charge on any atom is 0.337 e. The van der Waals surface area contributed by atoms with Crippen LogP contribution in [0, 0.1) is 0 Å². The maximum atomic E-state index is 12.8. The fourth-order valence-electron chi connectivity index (χ4n) is 2.83. The van der Waals surface area contributed by atoms with Gasteiger partial charge in [0.05, 0.1) is 37.1 Å². The number of hydrogen-bond acceptors (Lipinski definition) is 6. The van der Waals surface area contributed by atoms with Gasteiger partial charge in [-0.2, -0.15) is 4.99 Å². The molecule has 0 aliphatic heterocycles. The molecule has 0 saturated heterocycles. The number of thiazole rings is 1. The molecule has 1 aromatic heterocycles. The molecule has 0 unspecified atom stereocenters. The van der Waals surface area contributed by atoms with Crippen LogP contribution in [-0.2, 0) is 11.3 Å². The number of rotatable bonds is 6. The van der Waals surface area contributed by atoms with Crippen molar-refractivity contribution in [2.75, 3.05) is 21.3 Å². The molecule has 0 aliphatic carbocycles. The summed E-state index contributed by atoms with van der Waals surface area (Å²) in [6.07, 6.45) is 1.72. The average Bonchev–Trinajstić information content (AvgIpc) is 3.08. The maximum absolute atomic E-state index is 12.8. The van der Waals surface area contributed by atoms with Crippen LogP contribution in [0.25, 0.3) is 10.2 Å².